The average molecular weight is 347 g/mol. The number of hydrogen-bond acceptors (Lipinski definition) is 6. The van der Waals surface area contributed by atoms with Crippen molar-refractivity contribution in [2.75, 3.05) is 24.6 Å². The van der Waals surface area contributed by atoms with Crippen molar-refractivity contribution in [2.45, 2.75) is 18.9 Å². The molecule has 6 nitrogen and oxygen atoms in total. The van der Waals surface area contributed by atoms with Crippen LogP contribution >= 0.6 is 0 Å². The van der Waals surface area contributed by atoms with Crippen molar-refractivity contribution in [1.29, 1.82) is 0 Å². The molecule has 7 heteroatoms. The smallest absolute Gasteiger partial charge is 0.228 e. The quantitative estimate of drug-likeness (QED) is 0.713. The van der Waals surface area contributed by atoms with E-state index in [0.717, 1.165) is 5.56 Å². The van der Waals surface area contributed by atoms with Gasteiger partial charge in [-0.15, -0.1) is 6.58 Å². The van der Waals surface area contributed by atoms with Crippen LogP contribution in [0.25, 0.3) is 11.4 Å². The maximum Gasteiger partial charge on any atom is 0.228 e. The lowest BCUT2D eigenvalue weighted by Gasteiger charge is -2.25. The molecule has 0 bridgehead atoms. The van der Waals surface area contributed by atoms with E-state index in [2.05, 4.69) is 21.6 Å². The van der Waals surface area contributed by atoms with Crippen LogP contribution in [0.3, 0.4) is 0 Å². The molecule has 0 spiro atoms. The molecule has 0 N–H and O–H groups in total. The molecular formula is C17H21N3O3S. The van der Waals surface area contributed by atoms with Crippen LogP contribution in [-0.2, 0) is 16.3 Å². The van der Waals surface area contributed by atoms with Gasteiger partial charge in [-0.3, -0.25) is 4.90 Å². The molecule has 24 heavy (non-hydrogen) atoms. The second-order valence-corrected chi connectivity index (χ2v) is 8.20. The van der Waals surface area contributed by atoms with Gasteiger partial charge < -0.3 is 4.52 Å². The van der Waals surface area contributed by atoms with Crippen LogP contribution in [0.2, 0.25) is 0 Å². The zero-order chi connectivity index (χ0) is 17.0. The Balaban J connectivity index is 1.63. The summed E-state index contributed by atoms with van der Waals surface area (Å²) < 4.78 is 28.7. The van der Waals surface area contributed by atoms with Gasteiger partial charge in [0.2, 0.25) is 11.7 Å². The molecule has 2 aromatic rings. The van der Waals surface area contributed by atoms with E-state index < -0.39 is 9.84 Å². The minimum Gasteiger partial charge on any atom is -0.339 e. The molecule has 1 aliphatic heterocycles. The number of benzene rings is 1. The molecule has 2 heterocycles. The van der Waals surface area contributed by atoms with E-state index in [-0.39, 0.29) is 17.5 Å². The van der Waals surface area contributed by atoms with Crippen LogP contribution in [0.5, 0.6) is 0 Å². The first kappa shape index (κ1) is 16.9. The Labute approximate surface area is 142 Å². The van der Waals surface area contributed by atoms with Crippen molar-refractivity contribution in [3.63, 3.8) is 0 Å². The van der Waals surface area contributed by atoms with Gasteiger partial charge in [-0.1, -0.05) is 41.6 Å². The van der Waals surface area contributed by atoms with E-state index in [0.29, 0.717) is 37.6 Å². The fourth-order valence-electron chi connectivity index (χ4n) is 2.95. The molecule has 1 aromatic carbocycles. The number of rotatable bonds is 7. The first-order valence-corrected chi connectivity index (χ1v) is 9.83. The highest BCUT2D eigenvalue weighted by molar-refractivity contribution is 7.91. The number of aromatic nitrogens is 2. The van der Waals surface area contributed by atoms with Gasteiger partial charge in [0.15, 0.2) is 9.84 Å². The van der Waals surface area contributed by atoms with Crippen LogP contribution in [0.15, 0.2) is 47.5 Å². The lowest BCUT2D eigenvalue weighted by atomic mass is 10.2. The molecule has 3 rings (SSSR count). The Hall–Kier alpha value is -1.99. The van der Waals surface area contributed by atoms with Crippen LogP contribution < -0.4 is 0 Å². The molecule has 1 aliphatic rings. The summed E-state index contributed by atoms with van der Waals surface area (Å²) in [6.45, 7) is 5.09. The molecule has 1 aromatic heterocycles. The number of nitrogens with zero attached hydrogens (tertiary/aromatic N) is 3. The molecule has 1 atom stereocenters. The summed E-state index contributed by atoms with van der Waals surface area (Å²) in [5, 5.41) is 4.01. The Morgan fingerprint density at radius 2 is 2.12 bits per heavy atom. The normalized spacial score (nSPS) is 19.6. The summed E-state index contributed by atoms with van der Waals surface area (Å²) in [5.74, 6) is 1.62. The second-order valence-electron chi connectivity index (χ2n) is 5.97. The monoisotopic (exact) mass is 347 g/mol. The van der Waals surface area contributed by atoms with E-state index >= 15 is 0 Å². The van der Waals surface area contributed by atoms with Gasteiger partial charge in [0.1, 0.15) is 0 Å². The van der Waals surface area contributed by atoms with Gasteiger partial charge in [0.05, 0.1) is 11.5 Å². The van der Waals surface area contributed by atoms with Crippen LogP contribution in [0.1, 0.15) is 12.3 Å². The molecule has 1 saturated heterocycles. The van der Waals surface area contributed by atoms with Crippen LogP contribution in [0.4, 0.5) is 0 Å². The van der Waals surface area contributed by atoms with Crippen LogP contribution in [-0.4, -0.2) is 54.1 Å². The molecular weight excluding hydrogens is 326 g/mol. The van der Waals surface area contributed by atoms with Crippen molar-refractivity contribution in [3.8, 4) is 11.4 Å². The zero-order valence-electron chi connectivity index (χ0n) is 13.5. The SMILES string of the molecule is C=CCN(CCc1nc(-c2ccccc2)no1)[C@@H]1CCS(=O)(=O)C1. The molecule has 128 valence electrons. The first-order chi connectivity index (χ1) is 11.6. The molecule has 0 aliphatic carbocycles. The van der Waals surface area contributed by atoms with Gasteiger partial charge in [-0.05, 0) is 6.42 Å². The molecule has 1 fully saturated rings. The van der Waals surface area contributed by atoms with Gasteiger partial charge >= 0.3 is 0 Å². The topological polar surface area (TPSA) is 76.3 Å². The summed E-state index contributed by atoms with van der Waals surface area (Å²) in [5.41, 5.74) is 0.914. The third-order valence-electron chi connectivity index (χ3n) is 4.20. The number of hydrogen-bond donors (Lipinski definition) is 0. The second kappa shape index (κ2) is 7.27. The standard InChI is InChI=1S/C17H21N3O3S/c1-2-10-20(15-9-12-24(21,22)13-15)11-8-16-18-17(19-23-16)14-6-4-3-5-7-14/h2-7,15H,1,8-13H2/t15-/m1/s1. The maximum atomic E-state index is 11.7. The fraction of sp³-hybridized carbons (Fsp3) is 0.412. The predicted octanol–water partition coefficient (Wildman–Crippen LogP) is 1.95. The number of sulfone groups is 1. The van der Waals surface area contributed by atoms with E-state index in [4.69, 9.17) is 4.52 Å². The molecule has 0 saturated carbocycles. The third kappa shape index (κ3) is 4.10. The predicted molar refractivity (Wildman–Crippen MR) is 92.3 cm³/mol. The van der Waals surface area contributed by atoms with E-state index in [1.807, 2.05) is 30.3 Å². The Morgan fingerprint density at radius 1 is 1.33 bits per heavy atom. The minimum atomic E-state index is -2.90. The lowest BCUT2D eigenvalue weighted by Crippen LogP contribution is -2.37. The Morgan fingerprint density at radius 3 is 2.79 bits per heavy atom. The zero-order valence-corrected chi connectivity index (χ0v) is 14.3. The summed E-state index contributed by atoms with van der Waals surface area (Å²) in [6.07, 6.45) is 3.06. The van der Waals surface area contributed by atoms with Crippen molar-refractivity contribution >= 4 is 9.84 Å². The van der Waals surface area contributed by atoms with Gasteiger partial charge in [0.25, 0.3) is 0 Å². The van der Waals surface area contributed by atoms with Crippen molar-refractivity contribution in [2.24, 2.45) is 0 Å². The van der Waals surface area contributed by atoms with Crippen LogP contribution in [0, 0.1) is 0 Å². The summed E-state index contributed by atoms with van der Waals surface area (Å²) in [7, 11) is -2.90. The Kier molecular flexibility index (Phi) is 5.11. The van der Waals surface area contributed by atoms with Gasteiger partial charge in [-0.2, -0.15) is 4.98 Å². The maximum absolute atomic E-state index is 11.7. The molecule has 0 unspecified atom stereocenters. The first-order valence-electron chi connectivity index (χ1n) is 8.01. The third-order valence-corrected chi connectivity index (χ3v) is 5.95. The largest absolute Gasteiger partial charge is 0.339 e. The van der Waals surface area contributed by atoms with Crippen molar-refractivity contribution in [1.82, 2.24) is 15.0 Å². The van der Waals surface area contributed by atoms with E-state index in [1.165, 1.54) is 0 Å². The van der Waals surface area contributed by atoms with Crippen molar-refractivity contribution < 1.29 is 12.9 Å². The highest BCUT2D eigenvalue weighted by Crippen LogP contribution is 2.19. The summed E-state index contributed by atoms with van der Waals surface area (Å²) in [4.78, 5) is 6.55. The minimum absolute atomic E-state index is 0.0458. The lowest BCUT2D eigenvalue weighted by molar-refractivity contribution is 0.228. The Bertz CT molecular complexity index is 786. The van der Waals surface area contributed by atoms with Crippen molar-refractivity contribution in [3.05, 3.63) is 48.9 Å². The summed E-state index contributed by atoms with van der Waals surface area (Å²) in [6, 6.07) is 9.71. The molecule has 0 radical (unpaired) electrons. The average Bonchev–Trinajstić information content (AvgIpc) is 3.19. The highest BCUT2D eigenvalue weighted by Gasteiger charge is 2.31. The van der Waals surface area contributed by atoms with E-state index in [9.17, 15) is 8.42 Å². The fourth-order valence-corrected chi connectivity index (χ4v) is 4.71. The van der Waals surface area contributed by atoms with Gasteiger partial charge in [-0.25, -0.2) is 8.42 Å². The molecule has 0 amide bonds. The highest BCUT2D eigenvalue weighted by atomic mass is 32.2. The van der Waals surface area contributed by atoms with E-state index in [1.54, 1.807) is 6.08 Å². The summed E-state index contributed by atoms with van der Waals surface area (Å²) >= 11 is 0. The van der Waals surface area contributed by atoms with Gasteiger partial charge in [0, 0.05) is 31.1 Å².